The summed E-state index contributed by atoms with van der Waals surface area (Å²) < 4.78 is 1.78. The number of rotatable bonds is 8. The Kier molecular flexibility index (Phi) is 7.74. The second kappa shape index (κ2) is 10.9. The fraction of sp³-hybridized carbons (Fsp3) is 0.609. The van der Waals surface area contributed by atoms with Crippen LogP contribution in [0.5, 0.6) is 0 Å². The van der Waals surface area contributed by atoms with E-state index in [1.54, 1.807) is 0 Å². The second-order valence-electron chi connectivity index (χ2n) is 8.71. The van der Waals surface area contributed by atoms with Crippen molar-refractivity contribution in [2.75, 3.05) is 31.1 Å². The molecule has 0 radical (unpaired) electrons. The summed E-state index contributed by atoms with van der Waals surface area (Å²) in [6.45, 7) is 4.43. The van der Waals surface area contributed by atoms with Gasteiger partial charge in [0.2, 0.25) is 11.8 Å². The van der Waals surface area contributed by atoms with Crippen LogP contribution in [0.25, 0.3) is 10.3 Å². The highest BCUT2D eigenvalue weighted by molar-refractivity contribution is 7.22. The van der Waals surface area contributed by atoms with Crippen molar-refractivity contribution in [1.82, 2.24) is 25.2 Å². The predicted molar refractivity (Wildman–Crippen MR) is 129 cm³/mol. The fourth-order valence-corrected chi connectivity index (χ4v) is 5.48. The molecule has 2 aromatic rings. The number of carbonyl (C=O) groups is 2. The monoisotopic (exact) mass is 472 g/mol. The van der Waals surface area contributed by atoms with Crippen molar-refractivity contribution in [3.63, 3.8) is 0 Å². The lowest BCUT2D eigenvalue weighted by Gasteiger charge is -2.31. The van der Waals surface area contributed by atoms with Crippen LogP contribution in [0.3, 0.4) is 0 Å². The van der Waals surface area contributed by atoms with Gasteiger partial charge in [-0.2, -0.15) is 4.98 Å². The number of piperidine rings is 1. The number of hydrogen-bond donors (Lipinski definition) is 2. The molecule has 178 valence electrons. The van der Waals surface area contributed by atoms with Crippen molar-refractivity contribution in [2.45, 2.75) is 58.4 Å². The van der Waals surface area contributed by atoms with Crippen molar-refractivity contribution in [2.24, 2.45) is 5.92 Å². The van der Waals surface area contributed by atoms with Crippen molar-refractivity contribution >= 4 is 38.6 Å². The molecular weight excluding hydrogens is 440 g/mol. The van der Waals surface area contributed by atoms with Crippen LogP contribution in [-0.2, 0) is 16.1 Å². The van der Waals surface area contributed by atoms with Crippen LogP contribution >= 0.6 is 11.3 Å². The molecule has 4 rings (SSSR count). The first-order valence-corrected chi connectivity index (χ1v) is 12.7. The molecule has 1 unspecified atom stereocenters. The summed E-state index contributed by atoms with van der Waals surface area (Å²) in [5.41, 5.74) is 1.54. The number of anilines is 1. The third-order valence-electron chi connectivity index (χ3n) is 6.25. The molecular formula is C23H32N6O3S. The zero-order valence-electron chi connectivity index (χ0n) is 19.1. The lowest BCUT2D eigenvalue weighted by atomic mass is 9.97. The Labute approximate surface area is 197 Å². The minimum absolute atomic E-state index is 0.0585. The second-order valence-corrected chi connectivity index (χ2v) is 9.69. The molecule has 2 aliphatic rings. The average molecular weight is 473 g/mol. The zero-order chi connectivity index (χ0) is 23.2. The molecule has 0 aromatic carbocycles. The third kappa shape index (κ3) is 5.79. The molecule has 1 aliphatic heterocycles. The van der Waals surface area contributed by atoms with Gasteiger partial charge >= 0.3 is 0 Å². The maximum Gasteiger partial charge on any atom is 0.273 e. The molecule has 1 fully saturated rings. The van der Waals surface area contributed by atoms with Gasteiger partial charge in [-0.05, 0) is 51.9 Å². The van der Waals surface area contributed by atoms with Crippen LogP contribution in [-0.4, -0.2) is 52.5 Å². The van der Waals surface area contributed by atoms with Crippen LogP contribution in [0.4, 0.5) is 5.13 Å². The first kappa shape index (κ1) is 23.4. The van der Waals surface area contributed by atoms with E-state index in [0.717, 1.165) is 38.6 Å². The van der Waals surface area contributed by atoms with E-state index in [2.05, 4.69) is 31.6 Å². The molecule has 1 saturated heterocycles. The molecule has 0 saturated carbocycles. The zero-order valence-corrected chi connectivity index (χ0v) is 20.0. The van der Waals surface area contributed by atoms with Gasteiger partial charge in [-0.1, -0.05) is 23.0 Å². The summed E-state index contributed by atoms with van der Waals surface area (Å²) in [7, 11) is 0. The molecule has 2 N–H and O–H groups in total. The maximum atomic E-state index is 13.0. The van der Waals surface area contributed by atoms with E-state index in [1.807, 2.05) is 6.92 Å². The Bertz CT molecular complexity index is 1090. The number of nitrogens with zero attached hydrogens (tertiary/aromatic N) is 4. The minimum atomic E-state index is -0.258. The van der Waals surface area contributed by atoms with Crippen LogP contribution in [0.15, 0.2) is 22.8 Å². The van der Waals surface area contributed by atoms with E-state index in [1.165, 1.54) is 40.6 Å². The SMILES string of the molecule is CCNC(=O)C1CCCN(c2nc3ncn(CC(=O)NCCC4=CCCCC4)c(=O)c3s2)C1. The van der Waals surface area contributed by atoms with Gasteiger partial charge in [0.05, 0.1) is 5.92 Å². The van der Waals surface area contributed by atoms with Gasteiger partial charge in [-0.15, -0.1) is 0 Å². The number of hydrogen-bond acceptors (Lipinski definition) is 7. The molecule has 0 spiro atoms. The smallest absolute Gasteiger partial charge is 0.273 e. The highest BCUT2D eigenvalue weighted by Gasteiger charge is 2.27. The Hall–Kier alpha value is -2.75. The predicted octanol–water partition coefficient (Wildman–Crippen LogP) is 2.21. The molecule has 33 heavy (non-hydrogen) atoms. The molecule has 0 bridgehead atoms. The molecule has 10 heteroatoms. The number of thiazole rings is 1. The largest absolute Gasteiger partial charge is 0.356 e. The standard InChI is InChI=1S/C23H32N6O3S/c1-2-24-21(31)17-9-6-12-28(13-17)23-27-20-19(33-23)22(32)29(15-26-20)14-18(30)25-11-10-16-7-4-3-5-8-16/h7,15,17H,2-6,8-14H2,1H3,(H,24,31)(H,25,30). The summed E-state index contributed by atoms with van der Waals surface area (Å²) in [6, 6.07) is 0. The van der Waals surface area contributed by atoms with E-state index < -0.39 is 0 Å². The topological polar surface area (TPSA) is 109 Å². The van der Waals surface area contributed by atoms with E-state index in [0.29, 0.717) is 35.1 Å². The summed E-state index contributed by atoms with van der Waals surface area (Å²) >= 11 is 1.28. The Morgan fingerprint density at radius 2 is 2.12 bits per heavy atom. The fourth-order valence-electron chi connectivity index (χ4n) is 4.47. The normalized spacial score (nSPS) is 18.8. The lowest BCUT2D eigenvalue weighted by molar-refractivity contribution is -0.125. The van der Waals surface area contributed by atoms with Crippen LogP contribution < -0.4 is 21.1 Å². The molecule has 3 heterocycles. The van der Waals surface area contributed by atoms with Gasteiger partial charge in [0.25, 0.3) is 5.56 Å². The average Bonchev–Trinajstić information content (AvgIpc) is 3.27. The van der Waals surface area contributed by atoms with Crippen molar-refractivity contribution < 1.29 is 9.59 Å². The Morgan fingerprint density at radius 1 is 1.24 bits per heavy atom. The van der Waals surface area contributed by atoms with Gasteiger partial charge < -0.3 is 15.5 Å². The molecule has 1 aliphatic carbocycles. The van der Waals surface area contributed by atoms with E-state index in [4.69, 9.17) is 0 Å². The van der Waals surface area contributed by atoms with Crippen LogP contribution in [0.1, 0.15) is 51.9 Å². The lowest BCUT2D eigenvalue weighted by Crippen LogP contribution is -2.43. The first-order valence-electron chi connectivity index (χ1n) is 11.9. The first-order chi connectivity index (χ1) is 16.0. The summed E-state index contributed by atoms with van der Waals surface area (Å²) in [5.74, 6) is -0.210. The Morgan fingerprint density at radius 3 is 2.91 bits per heavy atom. The van der Waals surface area contributed by atoms with E-state index >= 15 is 0 Å². The van der Waals surface area contributed by atoms with Crippen molar-refractivity contribution in [1.29, 1.82) is 0 Å². The highest BCUT2D eigenvalue weighted by atomic mass is 32.1. The molecule has 1 atom stereocenters. The summed E-state index contributed by atoms with van der Waals surface area (Å²) in [4.78, 5) is 48.5. The van der Waals surface area contributed by atoms with Gasteiger partial charge in [0, 0.05) is 26.2 Å². The summed E-state index contributed by atoms with van der Waals surface area (Å²) in [5, 5.41) is 6.50. The van der Waals surface area contributed by atoms with Gasteiger partial charge in [0.1, 0.15) is 17.6 Å². The number of nitrogens with one attached hydrogen (secondary N) is 2. The molecule has 2 aromatic heterocycles. The van der Waals surface area contributed by atoms with Gasteiger partial charge in [-0.3, -0.25) is 19.0 Å². The van der Waals surface area contributed by atoms with Gasteiger partial charge in [-0.25, -0.2) is 4.98 Å². The number of aromatic nitrogens is 3. The number of fused-ring (bicyclic) bond motifs is 1. The van der Waals surface area contributed by atoms with E-state index in [-0.39, 0.29) is 29.8 Å². The van der Waals surface area contributed by atoms with E-state index in [9.17, 15) is 14.4 Å². The number of allylic oxidation sites excluding steroid dienone is 1. The quantitative estimate of drug-likeness (QED) is 0.570. The summed E-state index contributed by atoms with van der Waals surface area (Å²) in [6.07, 6.45) is 11.0. The molecule has 2 amide bonds. The highest BCUT2D eigenvalue weighted by Crippen LogP contribution is 2.29. The van der Waals surface area contributed by atoms with Crippen molar-refractivity contribution in [3.05, 3.63) is 28.3 Å². The molecule has 9 nitrogen and oxygen atoms in total. The minimum Gasteiger partial charge on any atom is -0.356 e. The third-order valence-corrected chi connectivity index (χ3v) is 7.35. The number of carbonyl (C=O) groups excluding carboxylic acids is 2. The van der Waals surface area contributed by atoms with Gasteiger partial charge in [0.15, 0.2) is 10.8 Å². The maximum absolute atomic E-state index is 13.0. The number of amides is 2. The van der Waals surface area contributed by atoms with Crippen LogP contribution in [0, 0.1) is 5.92 Å². The van der Waals surface area contributed by atoms with Crippen molar-refractivity contribution in [3.8, 4) is 0 Å². The Balaban J connectivity index is 1.39. The van der Waals surface area contributed by atoms with Crippen LogP contribution in [0.2, 0.25) is 0 Å².